The number of nitrogens with zero attached hydrogens (tertiary/aromatic N) is 2. The van der Waals surface area contributed by atoms with Crippen molar-refractivity contribution >= 4 is 11.8 Å². The highest BCUT2D eigenvalue weighted by molar-refractivity contribution is 5.89. The second kappa shape index (κ2) is 7.33. The number of aryl methyl sites for hydroxylation is 2. The van der Waals surface area contributed by atoms with Crippen molar-refractivity contribution < 1.29 is 9.59 Å². The molecular formula is C25H28N2O2. The minimum atomic E-state index is -0.207. The maximum Gasteiger partial charge on any atom is 0.228 e. The molecule has 0 radical (unpaired) electrons. The van der Waals surface area contributed by atoms with Crippen molar-refractivity contribution in [1.29, 1.82) is 0 Å². The van der Waals surface area contributed by atoms with Crippen LogP contribution in [0.15, 0.2) is 48.5 Å². The van der Waals surface area contributed by atoms with E-state index in [-0.39, 0.29) is 23.8 Å². The highest BCUT2D eigenvalue weighted by Crippen LogP contribution is 2.43. The Morgan fingerprint density at radius 3 is 2.59 bits per heavy atom. The summed E-state index contributed by atoms with van der Waals surface area (Å²) < 4.78 is 0. The molecule has 1 saturated heterocycles. The van der Waals surface area contributed by atoms with Gasteiger partial charge in [0.25, 0.3) is 0 Å². The summed E-state index contributed by atoms with van der Waals surface area (Å²) in [6, 6.07) is 17.4. The van der Waals surface area contributed by atoms with E-state index in [2.05, 4.69) is 60.4 Å². The number of likely N-dealkylation sites (tertiary alicyclic amines) is 1. The quantitative estimate of drug-likeness (QED) is 0.776. The smallest absolute Gasteiger partial charge is 0.228 e. The summed E-state index contributed by atoms with van der Waals surface area (Å²) >= 11 is 0. The van der Waals surface area contributed by atoms with Crippen molar-refractivity contribution in [3.05, 3.63) is 70.8 Å². The Kier molecular flexibility index (Phi) is 4.65. The fraction of sp³-hybridized carbons (Fsp3) is 0.440. The first-order chi connectivity index (χ1) is 14.1. The molecule has 0 N–H and O–H groups in total. The van der Waals surface area contributed by atoms with Crippen LogP contribution < -0.4 is 0 Å². The van der Waals surface area contributed by atoms with Gasteiger partial charge in [0.15, 0.2) is 0 Å². The number of hydrogen-bond donors (Lipinski definition) is 0. The Morgan fingerprint density at radius 2 is 1.83 bits per heavy atom. The molecule has 4 nitrogen and oxygen atoms in total. The largest absolute Gasteiger partial charge is 0.338 e. The number of rotatable bonds is 5. The molecule has 2 aliphatic carbocycles. The van der Waals surface area contributed by atoms with Gasteiger partial charge in [0.05, 0.1) is 12.0 Å². The van der Waals surface area contributed by atoms with Gasteiger partial charge >= 0.3 is 0 Å². The summed E-state index contributed by atoms with van der Waals surface area (Å²) in [4.78, 5) is 30.2. The van der Waals surface area contributed by atoms with E-state index in [9.17, 15) is 9.59 Å². The molecule has 5 rings (SSSR count). The lowest BCUT2D eigenvalue weighted by molar-refractivity contribution is -0.139. The summed E-state index contributed by atoms with van der Waals surface area (Å²) in [6.07, 6.45) is 4.59. The number of carbonyl (C=O) groups is 2. The van der Waals surface area contributed by atoms with Gasteiger partial charge in [0.1, 0.15) is 0 Å². The van der Waals surface area contributed by atoms with Gasteiger partial charge in [-0.05, 0) is 49.3 Å². The Hall–Kier alpha value is -2.62. The predicted octanol–water partition coefficient (Wildman–Crippen LogP) is 4.02. The van der Waals surface area contributed by atoms with Gasteiger partial charge in [-0.1, -0.05) is 54.1 Å². The predicted molar refractivity (Wildman–Crippen MR) is 112 cm³/mol. The summed E-state index contributed by atoms with van der Waals surface area (Å²) in [7, 11) is 0. The number of carbonyl (C=O) groups excluding carboxylic acids is 2. The molecule has 1 heterocycles. The molecule has 0 aromatic heterocycles. The summed E-state index contributed by atoms with van der Waals surface area (Å²) in [5.41, 5.74) is 5.03. The van der Waals surface area contributed by atoms with Crippen LogP contribution in [0.5, 0.6) is 0 Å². The molecule has 150 valence electrons. The van der Waals surface area contributed by atoms with E-state index in [0.717, 1.165) is 31.2 Å². The molecule has 0 spiro atoms. The third-order valence-corrected chi connectivity index (χ3v) is 6.69. The lowest BCUT2D eigenvalue weighted by Gasteiger charge is -2.32. The van der Waals surface area contributed by atoms with Crippen molar-refractivity contribution in [3.8, 4) is 0 Å². The molecule has 4 heteroatoms. The van der Waals surface area contributed by atoms with Crippen LogP contribution in [0.3, 0.4) is 0 Å². The maximum atomic E-state index is 13.6. The van der Waals surface area contributed by atoms with Crippen molar-refractivity contribution in [1.82, 2.24) is 9.80 Å². The van der Waals surface area contributed by atoms with Crippen molar-refractivity contribution in [2.75, 3.05) is 6.54 Å². The standard InChI is InChI=1S/C25H28N2O2/c1-17-6-8-18(9-7-17)15-26-16-20(14-24(26)28)25(29)27(21-11-12-21)23-13-10-19-4-2-3-5-22(19)23/h2-9,20-21,23H,10-16H2,1H3. The van der Waals surface area contributed by atoms with Gasteiger partial charge < -0.3 is 9.80 Å². The van der Waals surface area contributed by atoms with E-state index in [0.29, 0.717) is 25.6 Å². The Bertz CT molecular complexity index is 932. The number of fused-ring (bicyclic) bond motifs is 1. The molecule has 1 aliphatic heterocycles. The molecule has 3 aliphatic rings. The Labute approximate surface area is 172 Å². The Balaban J connectivity index is 1.32. The maximum absolute atomic E-state index is 13.6. The Morgan fingerprint density at radius 1 is 1.07 bits per heavy atom. The van der Waals surface area contributed by atoms with E-state index < -0.39 is 0 Å². The first kappa shape index (κ1) is 18.4. The zero-order valence-corrected chi connectivity index (χ0v) is 17.0. The molecule has 0 bridgehead atoms. The van der Waals surface area contributed by atoms with Crippen LogP contribution in [0.4, 0.5) is 0 Å². The lowest BCUT2D eigenvalue weighted by atomic mass is 10.0. The van der Waals surface area contributed by atoms with Crippen molar-refractivity contribution in [2.45, 2.75) is 57.7 Å². The fourth-order valence-electron chi connectivity index (χ4n) is 4.98. The van der Waals surface area contributed by atoms with Crippen LogP contribution in [0.25, 0.3) is 0 Å². The summed E-state index contributed by atoms with van der Waals surface area (Å²) in [5, 5.41) is 0. The monoisotopic (exact) mass is 388 g/mol. The molecule has 2 amide bonds. The van der Waals surface area contributed by atoms with E-state index in [1.165, 1.54) is 16.7 Å². The summed E-state index contributed by atoms with van der Waals surface area (Å²) in [6.45, 7) is 3.20. The van der Waals surface area contributed by atoms with Crippen molar-refractivity contribution in [3.63, 3.8) is 0 Å². The average Bonchev–Trinajstić information content (AvgIpc) is 3.37. The van der Waals surface area contributed by atoms with Crippen LogP contribution in [-0.2, 0) is 22.6 Å². The number of amides is 2. The zero-order valence-electron chi connectivity index (χ0n) is 17.0. The number of benzene rings is 2. The van der Waals surface area contributed by atoms with Gasteiger partial charge in [0, 0.05) is 25.6 Å². The third kappa shape index (κ3) is 3.57. The molecule has 29 heavy (non-hydrogen) atoms. The lowest BCUT2D eigenvalue weighted by Crippen LogP contribution is -2.41. The van der Waals surface area contributed by atoms with Crippen molar-refractivity contribution in [2.24, 2.45) is 5.92 Å². The average molecular weight is 389 g/mol. The molecule has 2 aromatic rings. The molecular weight excluding hydrogens is 360 g/mol. The normalized spacial score (nSPS) is 23.3. The fourth-order valence-corrected chi connectivity index (χ4v) is 4.98. The SMILES string of the molecule is Cc1ccc(CN2CC(C(=O)N(C3CC3)C3CCc4ccccc43)CC2=O)cc1. The van der Waals surface area contributed by atoms with Gasteiger partial charge in [-0.3, -0.25) is 9.59 Å². The zero-order chi connectivity index (χ0) is 20.0. The second-order valence-corrected chi connectivity index (χ2v) is 8.89. The molecule has 2 atom stereocenters. The minimum absolute atomic E-state index is 0.103. The van der Waals surface area contributed by atoms with E-state index in [1.807, 2.05) is 4.90 Å². The topological polar surface area (TPSA) is 40.6 Å². The third-order valence-electron chi connectivity index (χ3n) is 6.69. The van der Waals surface area contributed by atoms with Crippen LogP contribution >= 0.6 is 0 Å². The summed E-state index contributed by atoms with van der Waals surface area (Å²) in [5.74, 6) is 0.0850. The minimum Gasteiger partial charge on any atom is -0.338 e. The number of hydrogen-bond acceptors (Lipinski definition) is 2. The van der Waals surface area contributed by atoms with Gasteiger partial charge in [0.2, 0.25) is 11.8 Å². The van der Waals surface area contributed by atoms with Crippen LogP contribution in [-0.4, -0.2) is 34.2 Å². The highest BCUT2D eigenvalue weighted by atomic mass is 16.2. The van der Waals surface area contributed by atoms with E-state index in [1.54, 1.807) is 0 Å². The van der Waals surface area contributed by atoms with E-state index >= 15 is 0 Å². The van der Waals surface area contributed by atoms with Crippen LogP contribution in [0.1, 0.15) is 54.0 Å². The van der Waals surface area contributed by atoms with Crippen LogP contribution in [0.2, 0.25) is 0 Å². The highest BCUT2D eigenvalue weighted by Gasteiger charge is 2.45. The molecule has 1 saturated carbocycles. The first-order valence-corrected chi connectivity index (χ1v) is 10.8. The molecule has 2 unspecified atom stereocenters. The molecule has 2 aromatic carbocycles. The van der Waals surface area contributed by atoms with Gasteiger partial charge in [-0.2, -0.15) is 0 Å². The second-order valence-electron chi connectivity index (χ2n) is 8.89. The van der Waals surface area contributed by atoms with Crippen LogP contribution in [0, 0.1) is 12.8 Å². The van der Waals surface area contributed by atoms with E-state index in [4.69, 9.17) is 0 Å². The first-order valence-electron chi connectivity index (χ1n) is 10.8. The van der Waals surface area contributed by atoms with Gasteiger partial charge in [-0.25, -0.2) is 0 Å². The van der Waals surface area contributed by atoms with Gasteiger partial charge in [-0.15, -0.1) is 0 Å². The molecule has 2 fully saturated rings.